The van der Waals surface area contributed by atoms with E-state index in [1.807, 2.05) is 11.8 Å². The number of likely N-dealkylation sites (tertiary alicyclic amines) is 1. The number of carbonyl (C=O) groups is 1. The van der Waals surface area contributed by atoms with Crippen molar-refractivity contribution >= 4 is 5.91 Å². The molecule has 5 heteroatoms. The summed E-state index contributed by atoms with van der Waals surface area (Å²) in [5.74, 6) is 0.563. The maximum Gasteiger partial charge on any atom is 0.242 e. The number of morpholine rings is 1. The van der Waals surface area contributed by atoms with Crippen LogP contribution in [0, 0.1) is 5.92 Å². The summed E-state index contributed by atoms with van der Waals surface area (Å²) in [6.45, 7) is 7.25. The summed E-state index contributed by atoms with van der Waals surface area (Å²) >= 11 is 0. The Kier molecular flexibility index (Phi) is 3.53. The minimum atomic E-state index is -0.639. The predicted molar refractivity (Wildman–Crippen MR) is 72.7 cm³/mol. The average molecular weight is 267 g/mol. The van der Waals surface area contributed by atoms with Gasteiger partial charge in [-0.3, -0.25) is 9.69 Å². The number of nitrogens with zero attached hydrogens (tertiary/aromatic N) is 2. The van der Waals surface area contributed by atoms with Crippen molar-refractivity contribution in [1.82, 2.24) is 9.80 Å². The number of carbonyl (C=O) groups excluding carboxylic acids is 1. The van der Waals surface area contributed by atoms with E-state index in [4.69, 9.17) is 10.5 Å². The molecule has 0 spiro atoms. The number of amides is 1. The van der Waals surface area contributed by atoms with E-state index in [1.165, 1.54) is 0 Å². The number of ether oxygens (including phenoxy) is 1. The molecule has 2 heterocycles. The summed E-state index contributed by atoms with van der Waals surface area (Å²) in [7, 11) is 0. The minimum Gasteiger partial charge on any atom is -0.379 e. The summed E-state index contributed by atoms with van der Waals surface area (Å²) in [5, 5.41) is 0. The smallest absolute Gasteiger partial charge is 0.242 e. The van der Waals surface area contributed by atoms with Crippen LogP contribution < -0.4 is 5.73 Å². The SMILES string of the molecule is CC(N)(C(=O)N1CCC(N2CCOCC2)C1)C1CC1. The van der Waals surface area contributed by atoms with Crippen LogP contribution in [0.2, 0.25) is 0 Å². The molecule has 1 aliphatic carbocycles. The highest BCUT2D eigenvalue weighted by Crippen LogP contribution is 2.39. The molecule has 108 valence electrons. The van der Waals surface area contributed by atoms with Gasteiger partial charge in [0.2, 0.25) is 5.91 Å². The van der Waals surface area contributed by atoms with Crippen LogP contribution in [0.3, 0.4) is 0 Å². The lowest BCUT2D eigenvalue weighted by molar-refractivity contribution is -0.136. The molecule has 3 rings (SSSR count). The molecular weight excluding hydrogens is 242 g/mol. The van der Waals surface area contributed by atoms with E-state index in [-0.39, 0.29) is 5.91 Å². The fourth-order valence-corrected chi connectivity index (χ4v) is 3.37. The standard InChI is InChI=1S/C14H25N3O2/c1-14(15,11-2-3-11)13(18)17-5-4-12(10-17)16-6-8-19-9-7-16/h11-12H,2-10,15H2,1H3. The molecule has 2 unspecified atom stereocenters. The van der Waals surface area contributed by atoms with E-state index in [2.05, 4.69) is 4.90 Å². The molecule has 2 aliphatic heterocycles. The van der Waals surface area contributed by atoms with E-state index >= 15 is 0 Å². The first-order valence-corrected chi connectivity index (χ1v) is 7.49. The van der Waals surface area contributed by atoms with Crippen LogP contribution in [0.5, 0.6) is 0 Å². The summed E-state index contributed by atoms with van der Waals surface area (Å²) in [6.07, 6.45) is 3.30. The van der Waals surface area contributed by atoms with Crippen molar-refractivity contribution in [3.05, 3.63) is 0 Å². The van der Waals surface area contributed by atoms with Gasteiger partial charge in [-0.25, -0.2) is 0 Å². The summed E-state index contributed by atoms with van der Waals surface area (Å²) < 4.78 is 5.39. The molecule has 2 atom stereocenters. The van der Waals surface area contributed by atoms with Crippen LogP contribution in [0.4, 0.5) is 0 Å². The first-order chi connectivity index (χ1) is 9.09. The zero-order chi connectivity index (χ0) is 13.5. The highest BCUT2D eigenvalue weighted by atomic mass is 16.5. The molecule has 19 heavy (non-hydrogen) atoms. The van der Waals surface area contributed by atoms with Crippen molar-refractivity contribution in [2.75, 3.05) is 39.4 Å². The number of hydrogen-bond donors (Lipinski definition) is 1. The number of nitrogens with two attached hydrogens (primary N) is 1. The second kappa shape index (κ2) is 5.04. The van der Waals surface area contributed by atoms with Crippen LogP contribution in [-0.2, 0) is 9.53 Å². The highest BCUT2D eigenvalue weighted by Gasteiger charge is 2.47. The molecule has 0 aromatic carbocycles. The Balaban J connectivity index is 1.57. The van der Waals surface area contributed by atoms with Gasteiger partial charge in [-0.2, -0.15) is 0 Å². The first-order valence-electron chi connectivity index (χ1n) is 7.49. The Morgan fingerprint density at radius 1 is 1.21 bits per heavy atom. The van der Waals surface area contributed by atoms with E-state index in [0.717, 1.165) is 58.7 Å². The maximum absolute atomic E-state index is 12.5. The molecular formula is C14H25N3O2. The quantitative estimate of drug-likeness (QED) is 0.785. The molecule has 2 saturated heterocycles. The second-order valence-corrected chi connectivity index (χ2v) is 6.40. The molecule has 0 bridgehead atoms. The van der Waals surface area contributed by atoms with Gasteiger partial charge in [-0.05, 0) is 32.1 Å². The van der Waals surface area contributed by atoms with E-state index in [9.17, 15) is 4.79 Å². The van der Waals surface area contributed by atoms with Crippen LogP contribution in [0.1, 0.15) is 26.2 Å². The van der Waals surface area contributed by atoms with Gasteiger partial charge in [-0.1, -0.05) is 0 Å². The molecule has 0 aromatic heterocycles. The van der Waals surface area contributed by atoms with E-state index in [1.54, 1.807) is 0 Å². The topological polar surface area (TPSA) is 58.8 Å². The van der Waals surface area contributed by atoms with E-state index in [0.29, 0.717) is 12.0 Å². The number of rotatable bonds is 3. The van der Waals surface area contributed by atoms with Crippen LogP contribution >= 0.6 is 0 Å². The lowest BCUT2D eigenvalue weighted by Gasteiger charge is -2.33. The summed E-state index contributed by atoms with van der Waals surface area (Å²) in [5.41, 5.74) is 5.61. The molecule has 2 N–H and O–H groups in total. The predicted octanol–water partition coefficient (Wildman–Crippen LogP) is 0.0469. The van der Waals surface area contributed by atoms with Gasteiger partial charge in [-0.15, -0.1) is 0 Å². The van der Waals surface area contributed by atoms with Crippen molar-refractivity contribution in [3.63, 3.8) is 0 Å². The van der Waals surface area contributed by atoms with Gasteiger partial charge in [0.05, 0.1) is 18.8 Å². The van der Waals surface area contributed by atoms with Crippen LogP contribution in [0.15, 0.2) is 0 Å². The van der Waals surface area contributed by atoms with Crippen molar-refractivity contribution in [3.8, 4) is 0 Å². The number of hydrogen-bond acceptors (Lipinski definition) is 4. The molecule has 3 aliphatic rings. The normalized spacial score (nSPS) is 32.3. The van der Waals surface area contributed by atoms with Crippen LogP contribution in [-0.4, -0.2) is 66.7 Å². The zero-order valence-electron chi connectivity index (χ0n) is 11.8. The maximum atomic E-state index is 12.5. The fourth-order valence-electron chi connectivity index (χ4n) is 3.37. The van der Waals surface area contributed by atoms with Crippen LogP contribution in [0.25, 0.3) is 0 Å². The van der Waals surface area contributed by atoms with Gasteiger partial charge < -0.3 is 15.4 Å². The second-order valence-electron chi connectivity index (χ2n) is 6.40. The summed E-state index contributed by atoms with van der Waals surface area (Å²) in [4.78, 5) is 17.0. The third-order valence-electron chi connectivity index (χ3n) is 4.90. The van der Waals surface area contributed by atoms with Crippen molar-refractivity contribution in [2.45, 2.75) is 37.8 Å². The molecule has 1 saturated carbocycles. The Bertz CT molecular complexity index is 349. The van der Waals surface area contributed by atoms with Crippen molar-refractivity contribution in [1.29, 1.82) is 0 Å². The molecule has 1 amide bonds. The Labute approximate surface area is 115 Å². The van der Waals surface area contributed by atoms with Crippen molar-refractivity contribution in [2.24, 2.45) is 11.7 Å². The van der Waals surface area contributed by atoms with Gasteiger partial charge in [0.25, 0.3) is 0 Å². The zero-order valence-corrected chi connectivity index (χ0v) is 11.8. The van der Waals surface area contributed by atoms with E-state index < -0.39 is 5.54 Å². The fraction of sp³-hybridized carbons (Fsp3) is 0.929. The third kappa shape index (κ3) is 2.64. The molecule has 5 nitrogen and oxygen atoms in total. The average Bonchev–Trinajstić information content (AvgIpc) is 3.18. The lowest BCUT2D eigenvalue weighted by atomic mass is 9.95. The van der Waals surface area contributed by atoms with Gasteiger partial charge in [0, 0.05) is 32.2 Å². The largest absolute Gasteiger partial charge is 0.379 e. The Hall–Kier alpha value is -0.650. The monoisotopic (exact) mass is 267 g/mol. The van der Waals surface area contributed by atoms with Gasteiger partial charge in [0.1, 0.15) is 0 Å². The first kappa shape index (κ1) is 13.3. The Morgan fingerprint density at radius 3 is 2.53 bits per heavy atom. The minimum absolute atomic E-state index is 0.158. The summed E-state index contributed by atoms with van der Waals surface area (Å²) in [6, 6.07) is 0.503. The van der Waals surface area contributed by atoms with Gasteiger partial charge in [0.15, 0.2) is 0 Å². The Morgan fingerprint density at radius 2 is 1.89 bits per heavy atom. The third-order valence-corrected chi connectivity index (χ3v) is 4.90. The van der Waals surface area contributed by atoms with Crippen molar-refractivity contribution < 1.29 is 9.53 Å². The molecule has 3 fully saturated rings. The van der Waals surface area contributed by atoms with Gasteiger partial charge >= 0.3 is 0 Å². The molecule has 0 radical (unpaired) electrons. The molecule has 0 aromatic rings. The lowest BCUT2D eigenvalue weighted by Crippen LogP contribution is -2.55. The highest BCUT2D eigenvalue weighted by molar-refractivity contribution is 5.86.